The van der Waals surface area contributed by atoms with Crippen molar-refractivity contribution in [2.24, 2.45) is 0 Å². The first kappa shape index (κ1) is 16.0. The first-order valence-electron chi connectivity index (χ1n) is 8.95. The fourth-order valence-electron chi connectivity index (χ4n) is 3.47. The first-order chi connectivity index (χ1) is 12.3. The topological polar surface area (TPSA) is 33.0 Å². The molecule has 0 atom stereocenters. The molecule has 130 valence electrons. The van der Waals surface area contributed by atoms with Crippen LogP contribution in [0.3, 0.4) is 0 Å². The summed E-state index contributed by atoms with van der Waals surface area (Å²) in [7, 11) is 0. The van der Waals surface area contributed by atoms with E-state index in [1.54, 1.807) is 0 Å². The highest BCUT2D eigenvalue weighted by Crippen LogP contribution is 2.29. The molecule has 1 saturated heterocycles. The zero-order valence-electron chi connectivity index (χ0n) is 14.6. The molecule has 1 aliphatic heterocycles. The smallest absolute Gasteiger partial charge is 0.142 e. The third kappa shape index (κ3) is 3.33. The number of anilines is 1. The van der Waals surface area contributed by atoms with Crippen LogP contribution in [0.5, 0.6) is 5.75 Å². The van der Waals surface area contributed by atoms with Gasteiger partial charge in [-0.1, -0.05) is 18.2 Å². The maximum absolute atomic E-state index is 5.78. The van der Waals surface area contributed by atoms with Gasteiger partial charge in [0.15, 0.2) is 0 Å². The molecule has 0 spiro atoms. The van der Waals surface area contributed by atoms with Gasteiger partial charge >= 0.3 is 0 Å². The van der Waals surface area contributed by atoms with E-state index >= 15 is 0 Å². The van der Waals surface area contributed by atoms with E-state index < -0.39 is 0 Å². The van der Waals surface area contributed by atoms with Crippen molar-refractivity contribution in [3.8, 4) is 5.75 Å². The molecule has 2 aromatic heterocycles. The van der Waals surface area contributed by atoms with Gasteiger partial charge in [-0.2, -0.15) is 0 Å². The van der Waals surface area contributed by atoms with Crippen LogP contribution in [0.25, 0.3) is 5.65 Å². The maximum atomic E-state index is 5.78. The highest BCUT2D eigenvalue weighted by atomic mass is 16.5. The Labute approximate surface area is 148 Å². The van der Waals surface area contributed by atoms with Gasteiger partial charge in [-0.15, -0.1) is 0 Å². The van der Waals surface area contributed by atoms with Crippen molar-refractivity contribution in [3.63, 3.8) is 0 Å². The molecule has 5 heteroatoms. The Bertz CT molecular complexity index is 836. The molecule has 0 unspecified atom stereocenters. The number of rotatable bonds is 5. The number of fused-ring (bicyclic) bond motifs is 1. The number of hydrogen-bond acceptors (Lipinski definition) is 4. The number of para-hydroxylation sites is 2. The average Bonchev–Trinajstić information content (AvgIpc) is 3.06. The number of aromatic nitrogens is 2. The minimum atomic E-state index is 0.700. The summed E-state index contributed by atoms with van der Waals surface area (Å²) in [6.45, 7) is 7.78. The number of hydrogen-bond donors (Lipinski definition) is 0. The summed E-state index contributed by atoms with van der Waals surface area (Å²) in [5.74, 6) is 0.986. The molecule has 1 aromatic carbocycles. The zero-order chi connectivity index (χ0) is 17.1. The lowest BCUT2D eigenvalue weighted by Gasteiger charge is -2.36. The van der Waals surface area contributed by atoms with Crippen LogP contribution < -0.4 is 9.64 Å². The average molecular weight is 336 g/mol. The number of piperazine rings is 1. The molecule has 3 aromatic rings. The van der Waals surface area contributed by atoms with Gasteiger partial charge in [0.25, 0.3) is 0 Å². The van der Waals surface area contributed by atoms with E-state index in [9.17, 15) is 0 Å². The molecule has 0 bridgehead atoms. The van der Waals surface area contributed by atoms with Gasteiger partial charge in [0.2, 0.25) is 0 Å². The van der Waals surface area contributed by atoms with Crippen LogP contribution in [0, 0.1) is 0 Å². The van der Waals surface area contributed by atoms with E-state index in [1.165, 1.54) is 11.4 Å². The molecule has 0 amide bonds. The van der Waals surface area contributed by atoms with Gasteiger partial charge in [-0.3, -0.25) is 4.90 Å². The molecule has 5 nitrogen and oxygen atoms in total. The summed E-state index contributed by atoms with van der Waals surface area (Å²) in [5.41, 5.74) is 3.47. The van der Waals surface area contributed by atoms with Crippen molar-refractivity contribution in [1.82, 2.24) is 14.3 Å². The molecular weight excluding hydrogens is 312 g/mol. The van der Waals surface area contributed by atoms with Crippen molar-refractivity contribution < 1.29 is 4.74 Å². The molecule has 4 rings (SSSR count). The van der Waals surface area contributed by atoms with Crippen LogP contribution in [-0.4, -0.2) is 47.1 Å². The van der Waals surface area contributed by atoms with Crippen LogP contribution in [0.4, 0.5) is 5.69 Å². The molecule has 25 heavy (non-hydrogen) atoms. The summed E-state index contributed by atoms with van der Waals surface area (Å²) < 4.78 is 7.96. The van der Waals surface area contributed by atoms with Gasteiger partial charge in [-0.25, -0.2) is 4.98 Å². The van der Waals surface area contributed by atoms with E-state index in [2.05, 4.69) is 49.6 Å². The number of benzene rings is 1. The number of ether oxygens (including phenoxy) is 1. The van der Waals surface area contributed by atoms with Gasteiger partial charge in [0.1, 0.15) is 11.4 Å². The van der Waals surface area contributed by atoms with Crippen LogP contribution in [-0.2, 0) is 6.54 Å². The van der Waals surface area contributed by atoms with Crippen molar-refractivity contribution in [2.75, 3.05) is 37.7 Å². The molecule has 0 saturated carbocycles. The summed E-state index contributed by atoms with van der Waals surface area (Å²) in [6, 6.07) is 14.5. The van der Waals surface area contributed by atoms with E-state index in [1.807, 2.05) is 31.3 Å². The molecule has 0 aliphatic carbocycles. The van der Waals surface area contributed by atoms with Crippen LogP contribution in [0.15, 0.2) is 54.9 Å². The van der Waals surface area contributed by atoms with Gasteiger partial charge in [0.05, 0.1) is 24.2 Å². The molecule has 1 fully saturated rings. The van der Waals surface area contributed by atoms with Gasteiger partial charge in [0, 0.05) is 38.9 Å². The van der Waals surface area contributed by atoms with Crippen LogP contribution in [0.1, 0.15) is 12.6 Å². The van der Waals surface area contributed by atoms with E-state index in [4.69, 9.17) is 4.74 Å². The lowest BCUT2D eigenvalue weighted by Crippen LogP contribution is -2.46. The molecule has 0 N–H and O–H groups in total. The Kier molecular flexibility index (Phi) is 4.57. The van der Waals surface area contributed by atoms with E-state index in [-0.39, 0.29) is 0 Å². The van der Waals surface area contributed by atoms with Crippen molar-refractivity contribution in [3.05, 3.63) is 60.6 Å². The molecule has 3 heterocycles. The molecule has 0 radical (unpaired) electrons. The number of nitrogens with zero attached hydrogens (tertiary/aromatic N) is 4. The Morgan fingerprint density at radius 1 is 1.00 bits per heavy atom. The second-order valence-corrected chi connectivity index (χ2v) is 6.34. The zero-order valence-corrected chi connectivity index (χ0v) is 14.6. The van der Waals surface area contributed by atoms with E-state index in [0.717, 1.165) is 44.1 Å². The SMILES string of the molecule is CCOc1ccccc1N1CCN(Cc2cnc3ccccn23)CC1. The highest BCUT2D eigenvalue weighted by Gasteiger charge is 2.20. The summed E-state index contributed by atoms with van der Waals surface area (Å²) >= 11 is 0. The highest BCUT2D eigenvalue weighted by molar-refractivity contribution is 5.58. The van der Waals surface area contributed by atoms with Crippen LogP contribution in [0.2, 0.25) is 0 Å². The normalized spacial score (nSPS) is 15.6. The lowest BCUT2D eigenvalue weighted by atomic mass is 10.2. The molecular formula is C20H24N4O. The largest absolute Gasteiger partial charge is 0.492 e. The fraction of sp³-hybridized carbons (Fsp3) is 0.350. The van der Waals surface area contributed by atoms with Crippen molar-refractivity contribution in [2.45, 2.75) is 13.5 Å². The Hall–Kier alpha value is -2.53. The Balaban J connectivity index is 1.42. The Morgan fingerprint density at radius 3 is 2.64 bits per heavy atom. The van der Waals surface area contributed by atoms with Crippen molar-refractivity contribution in [1.29, 1.82) is 0 Å². The van der Waals surface area contributed by atoms with Crippen LogP contribution >= 0.6 is 0 Å². The fourth-order valence-corrected chi connectivity index (χ4v) is 3.47. The summed E-state index contributed by atoms with van der Waals surface area (Å²) in [5, 5.41) is 0. The minimum absolute atomic E-state index is 0.700. The predicted molar refractivity (Wildman–Crippen MR) is 100 cm³/mol. The second kappa shape index (κ2) is 7.15. The quantitative estimate of drug-likeness (QED) is 0.717. The van der Waals surface area contributed by atoms with E-state index in [0.29, 0.717) is 6.61 Å². The standard InChI is InChI=1S/C20H24N4O/c1-2-25-19-8-4-3-7-18(19)23-13-11-22(12-14-23)16-17-15-21-20-9-5-6-10-24(17)20/h3-10,15H,2,11-14,16H2,1H3. The third-order valence-electron chi connectivity index (χ3n) is 4.76. The number of pyridine rings is 1. The summed E-state index contributed by atoms with van der Waals surface area (Å²) in [6.07, 6.45) is 4.08. The first-order valence-corrected chi connectivity index (χ1v) is 8.95. The second-order valence-electron chi connectivity index (χ2n) is 6.34. The summed E-state index contributed by atoms with van der Waals surface area (Å²) in [4.78, 5) is 9.41. The van der Waals surface area contributed by atoms with Crippen molar-refractivity contribution >= 4 is 11.3 Å². The Morgan fingerprint density at radius 2 is 1.80 bits per heavy atom. The maximum Gasteiger partial charge on any atom is 0.142 e. The lowest BCUT2D eigenvalue weighted by molar-refractivity contribution is 0.245. The molecule has 1 aliphatic rings. The minimum Gasteiger partial charge on any atom is -0.492 e. The van der Waals surface area contributed by atoms with Gasteiger partial charge in [-0.05, 0) is 31.2 Å². The number of imidazole rings is 1. The third-order valence-corrected chi connectivity index (χ3v) is 4.76. The van der Waals surface area contributed by atoms with Gasteiger partial charge < -0.3 is 14.0 Å². The predicted octanol–water partition coefficient (Wildman–Crippen LogP) is 3.06. The monoisotopic (exact) mass is 336 g/mol.